The summed E-state index contributed by atoms with van der Waals surface area (Å²) in [7, 11) is -3.72. The highest BCUT2D eigenvalue weighted by atomic mass is 32.2. The van der Waals surface area contributed by atoms with E-state index in [1.54, 1.807) is 25.1 Å². The van der Waals surface area contributed by atoms with Gasteiger partial charge in [0.15, 0.2) is 6.61 Å². The number of aryl methyl sites for hydroxylation is 1. The fourth-order valence-corrected chi connectivity index (χ4v) is 5.25. The van der Waals surface area contributed by atoms with Gasteiger partial charge in [0.25, 0.3) is 5.91 Å². The third kappa shape index (κ3) is 6.10. The highest BCUT2D eigenvalue weighted by Crippen LogP contribution is 2.24. The monoisotopic (exact) mass is 495 g/mol. The van der Waals surface area contributed by atoms with E-state index in [2.05, 4.69) is 10.3 Å². The number of esters is 1. The summed E-state index contributed by atoms with van der Waals surface area (Å²) in [6, 6.07) is 15.9. The van der Waals surface area contributed by atoms with E-state index in [0.29, 0.717) is 30.2 Å². The Bertz CT molecular complexity index is 1380. The van der Waals surface area contributed by atoms with Crippen molar-refractivity contribution in [1.29, 1.82) is 0 Å². The van der Waals surface area contributed by atoms with Crippen molar-refractivity contribution in [2.45, 2.75) is 11.8 Å². The Morgan fingerprint density at radius 3 is 2.69 bits per heavy atom. The number of para-hydroxylation sites is 1. The van der Waals surface area contributed by atoms with Crippen molar-refractivity contribution in [3.63, 3.8) is 0 Å². The number of aromatic nitrogens is 1. The van der Waals surface area contributed by atoms with Crippen LogP contribution in [-0.2, 0) is 29.1 Å². The molecule has 1 aliphatic heterocycles. The van der Waals surface area contributed by atoms with Gasteiger partial charge < -0.3 is 14.8 Å². The van der Waals surface area contributed by atoms with Gasteiger partial charge in [0.2, 0.25) is 10.0 Å². The molecule has 3 aromatic rings. The molecule has 2 heterocycles. The third-order valence-electron chi connectivity index (χ3n) is 5.42. The van der Waals surface area contributed by atoms with E-state index in [9.17, 15) is 18.0 Å². The predicted molar refractivity (Wildman–Crippen MR) is 131 cm³/mol. The highest BCUT2D eigenvalue weighted by Gasteiger charge is 2.28. The zero-order valence-electron chi connectivity index (χ0n) is 19.1. The molecular formula is C25H25N3O6S. The topological polar surface area (TPSA) is 115 Å². The second-order valence-electron chi connectivity index (χ2n) is 7.91. The van der Waals surface area contributed by atoms with E-state index < -0.39 is 28.5 Å². The van der Waals surface area contributed by atoms with E-state index in [1.807, 2.05) is 30.3 Å². The molecule has 9 nitrogen and oxygen atoms in total. The number of carbonyl (C=O) groups is 2. The molecule has 4 rings (SSSR count). The summed E-state index contributed by atoms with van der Waals surface area (Å²) < 4.78 is 37.6. The normalized spacial score (nSPS) is 14.8. The van der Waals surface area contributed by atoms with E-state index in [0.717, 1.165) is 10.9 Å². The predicted octanol–water partition coefficient (Wildman–Crippen LogP) is 2.76. The summed E-state index contributed by atoms with van der Waals surface area (Å²) in [5.41, 5.74) is 2.24. The van der Waals surface area contributed by atoms with Gasteiger partial charge in [0.05, 0.1) is 29.3 Å². The maximum Gasteiger partial charge on any atom is 0.331 e. The first-order valence-corrected chi connectivity index (χ1v) is 12.5. The first-order chi connectivity index (χ1) is 16.8. The van der Waals surface area contributed by atoms with Gasteiger partial charge in [0, 0.05) is 30.2 Å². The van der Waals surface area contributed by atoms with Crippen molar-refractivity contribution in [1.82, 2.24) is 9.29 Å². The molecule has 0 atom stereocenters. The molecule has 1 N–H and O–H groups in total. The molecule has 1 saturated heterocycles. The van der Waals surface area contributed by atoms with Crippen molar-refractivity contribution in [2.75, 3.05) is 38.2 Å². The van der Waals surface area contributed by atoms with Crippen LogP contribution in [0, 0.1) is 6.92 Å². The molecule has 0 radical (unpaired) electrons. The zero-order valence-corrected chi connectivity index (χ0v) is 20.0. The van der Waals surface area contributed by atoms with Crippen LogP contribution in [0.5, 0.6) is 0 Å². The van der Waals surface area contributed by atoms with Crippen molar-refractivity contribution in [3.05, 3.63) is 71.9 Å². The Balaban J connectivity index is 1.34. The number of benzene rings is 2. The van der Waals surface area contributed by atoms with Gasteiger partial charge in [-0.1, -0.05) is 30.3 Å². The standard InChI is InChI=1S/C25H25N3O6S/c1-18-6-8-21(16-23(18)35(31,32)28-12-14-33-15-13-28)27-24(29)17-34-25(30)11-10-20-9-7-19-4-2-3-5-22(19)26-20/h2-11,16H,12-15,17H2,1H3,(H,27,29)/b11-10+. The molecule has 182 valence electrons. The molecule has 0 spiro atoms. The van der Waals surface area contributed by atoms with Gasteiger partial charge >= 0.3 is 5.97 Å². The van der Waals surface area contributed by atoms with E-state index in [-0.39, 0.29) is 18.0 Å². The van der Waals surface area contributed by atoms with Crippen molar-refractivity contribution in [2.24, 2.45) is 0 Å². The van der Waals surface area contributed by atoms with Crippen molar-refractivity contribution >= 4 is 44.6 Å². The van der Waals surface area contributed by atoms with Crippen LogP contribution in [0.25, 0.3) is 17.0 Å². The van der Waals surface area contributed by atoms with Crippen LogP contribution in [-0.4, -0.2) is 62.5 Å². The molecule has 10 heteroatoms. The smallest absolute Gasteiger partial charge is 0.331 e. The second kappa shape index (κ2) is 10.8. The molecule has 1 aromatic heterocycles. The van der Waals surface area contributed by atoms with Gasteiger partial charge in [-0.25, -0.2) is 18.2 Å². The Kier molecular flexibility index (Phi) is 7.54. The van der Waals surface area contributed by atoms with Crippen LogP contribution in [0.2, 0.25) is 0 Å². The lowest BCUT2D eigenvalue weighted by atomic mass is 10.2. The summed E-state index contributed by atoms with van der Waals surface area (Å²) in [5, 5.41) is 3.56. The number of fused-ring (bicyclic) bond motifs is 1. The Morgan fingerprint density at radius 1 is 1.11 bits per heavy atom. The summed E-state index contributed by atoms with van der Waals surface area (Å²) in [6.45, 7) is 2.40. The number of hydrogen-bond donors (Lipinski definition) is 1. The maximum atomic E-state index is 13.0. The van der Waals surface area contributed by atoms with Crippen molar-refractivity contribution < 1.29 is 27.5 Å². The number of sulfonamides is 1. The van der Waals surface area contributed by atoms with Crippen LogP contribution in [0.1, 0.15) is 11.3 Å². The number of anilines is 1. The molecule has 2 aromatic carbocycles. The highest BCUT2D eigenvalue weighted by molar-refractivity contribution is 7.89. The first kappa shape index (κ1) is 24.5. The minimum atomic E-state index is -3.72. The van der Waals surface area contributed by atoms with E-state index in [1.165, 1.54) is 22.5 Å². The number of nitrogens with one attached hydrogen (secondary N) is 1. The Hall–Kier alpha value is -3.60. The van der Waals surface area contributed by atoms with Gasteiger partial charge in [0.1, 0.15) is 0 Å². The van der Waals surface area contributed by atoms with Crippen LogP contribution >= 0.6 is 0 Å². The van der Waals surface area contributed by atoms with Gasteiger partial charge in [-0.2, -0.15) is 4.31 Å². The Morgan fingerprint density at radius 2 is 1.89 bits per heavy atom. The summed E-state index contributed by atoms with van der Waals surface area (Å²) in [4.78, 5) is 28.9. The SMILES string of the molecule is Cc1ccc(NC(=O)COC(=O)/C=C/c2ccc3ccccc3n2)cc1S(=O)(=O)N1CCOCC1. The largest absolute Gasteiger partial charge is 0.452 e. The van der Waals surface area contributed by atoms with Crippen LogP contribution < -0.4 is 5.32 Å². The minimum Gasteiger partial charge on any atom is -0.452 e. The quantitative estimate of drug-likeness (QED) is 0.396. The molecule has 1 amide bonds. The molecule has 0 saturated carbocycles. The summed E-state index contributed by atoms with van der Waals surface area (Å²) in [6.07, 6.45) is 2.71. The fourth-order valence-electron chi connectivity index (χ4n) is 3.59. The number of rotatable bonds is 7. The van der Waals surface area contributed by atoms with Crippen LogP contribution in [0.15, 0.2) is 65.6 Å². The lowest BCUT2D eigenvalue weighted by molar-refractivity contribution is -0.142. The van der Waals surface area contributed by atoms with Gasteiger partial charge in [-0.05, 0) is 42.8 Å². The minimum absolute atomic E-state index is 0.111. The lowest BCUT2D eigenvalue weighted by Gasteiger charge is -2.26. The number of pyridine rings is 1. The molecule has 1 fully saturated rings. The summed E-state index contributed by atoms with van der Waals surface area (Å²) in [5.74, 6) is -1.29. The van der Waals surface area contributed by atoms with E-state index in [4.69, 9.17) is 9.47 Å². The average molecular weight is 496 g/mol. The molecule has 1 aliphatic rings. The van der Waals surface area contributed by atoms with Crippen molar-refractivity contribution in [3.8, 4) is 0 Å². The number of nitrogens with zero attached hydrogens (tertiary/aromatic N) is 2. The molecule has 0 unspecified atom stereocenters. The lowest BCUT2D eigenvalue weighted by Crippen LogP contribution is -2.40. The van der Waals surface area contributed by atoms with Crippen LogP contribution in [0.3, 0.4) is 0 Å². The van der Waals surface area contributed by atoms with Gasteiger partial charge in [-0.3, -0.25) is 4.79 Å². The zero-order chi connectivity index (χ0) is 24.8. The molecule has 0 bridgehead atoms. The van der Waals surface area contributed by atoms with Crippen LogP contribution in [0.4, 0.5) is 5.69 Å². The second-order valence-corrected chi connectivity index (χ2v) is 9.82. The number of carbonyl (C=O) groups excluding carboxylic acids is 2. The summed E-state index contributed by atoms with van der Waals surface area (Å²) >= 11 is 0. The number of ether oxygens (including phenoxy) is 2. The number of morpholine rings is 1. The molecule has 0 aliphatic carbocycles. The first-order valence-electron chi connectivity index (χ1n) is 11.0. The Labute approximate surface area is 203 Å². The number of amides is 1. The maximum absolute atomic E-state index is 13.0. The molecular weight excluding hydrogens is 470 g/mol. The third-order valence-corrected chi connectivity index (χ3v) is 7.46. The average Bonchev–Trinajstić information content (AvgIpc) is 2.87. The number of hydrogen-bond acceptors (Lipinski definition) is 7. The van der Waals surface area contributed by atoms with Gasteiger partial charge in [-0.15, -0.1) is 0 Å². The van der Waals surface area contributed by atoms with E-state index >= 15 is 0 Å². The molecule has 35 heavy (non-hydrogen) atoms. The fraction of sp³-hybridized carbons (Fsp3) is 0.240.